The summed E-state index contributed by atoms with van der Waals surface area (Å²) in [6, 6.07) is 11.5. The molecule has 0 atom stereocenters. The molecule has 1 N–H and O–H groups in total. The summed E-state index contributed by atoms with van der Waals surface area (Å²) >= 11 is 6.73. The van der Waals surface area contributed by atoms with Gasteiger partial charge in [0.25, 0.3) is 0 Å². The Balaban J connectivity index is 2.30. The van der Waals surface area contributed by atoms with E-state index in [4.69, 9.17) is 9.25 Å². The molecule has 0 bridgehead atoms. The minimum absolute atomic E-state index is 0.142. The van der Waals surface area contributed by atoms with E-state index in [1.807, 2.05) is 31.2 Å². The molecule has 1 heterocycles. The van der Waals surface area contributed by atoms with Gasteiger partial charge >= 0.3 is 0 Å². The average Bonchev–Trinajstić information content (AvgIpc) is 2.95. The summed E-state index contributed by atoms with van der Waals surface area (Å²) in [5.74, 6) is 0.982. The van der Waals surface area contributed by atoms with Gasteiger partial charge in [0.15, 0.2) is 0 Å². The molecule has 3 aromatic rings. The second-order valence-electron chi connectivity index (χ2n) is 5.16. The van der Waals surface area contributed by atoms with Gasteiger partial charge in [-0.1, -0.05) is 30.3 Å². The van der Waals surface area contributed by atoms with Crippen LogP contribution in [-0.4, -0.2) is 17.9 Å². The fourth-order valence-electron chi connectivity index (χ4n) is 2.64. The quantitative estimate of drug-likeness (QED) is 0.412. The van der Waals surface area contributed by atoms with Crippen molar-refractivity contribution < 1.29 is 14.4 Å². The molecule has 1 aromatic heterocycles. The topological polar surface area (TPSA) is 55.0 Å². The number of halogens is 2. The van der Waals surface area contributed by atoms with E-state index in [1.165, 1.54) is 7.11 Å². The highest BCUT2D eigenvalue weighted by molar-refractivity contribution is 9.11. The lowest BCUT2D eigenvalue weighted by molar-refractivity contribution is 0.214. The van der Waals surface area contributed by atoms with Crippen molar-refractivity contribution in [2.45, 2.75) is 13.3 Å². The Morgan fingerprint density at radius 1 is 1.21 bits per heavy atom. The largest absolute Gasteiger partial charge is 0.506 e. The zero-order valence-corrected chi connectivity index (χ0v) is 16.3. The van der Waals surface area contributed by atoms with Crippen molar-refractivity contribution in [1.82, 2.24) is 0 Å². The third-order valence-electron chi connectivity index (χ3n) is 3.70. The van der Waals surface area contributed by atoms with Gasteiger partial charge in [-0.05, 0) is 50.1 Å². The van der Waals surface area contributed by atoms with Crippen LogP contribution in [0.3, 0.4) is 0 Å². The first kappa shape index (κ1) is 17.0. The van der Waals surface area contributed by atoms with E-state index >= 15 is 0 Å². The molecular formula is C18H15Br2NO3. The third-order valence-corrected chi connectivity index (χ3v) is 4.91. The highest BCUT2D eigenvalue weighted by Crippen LogP contribution is 2.36. The standard InChI is InChI=1S/C18H15Br2NO3/c1-3-14-16(11-6-4-5-7-15(11)24-14)17(21-23-2)10-8-12(19)18(22)13(20)9-10/h4-9,22H,3H2,1-2H3/b21-17+. The van der Waals surface area contributed by atoms with E-state index in [2.05, 4.69) is 37.0 Å². The Morgan fingerprint density at radius 2 is 1.88 bits per heavy atom. The Hall–Kier alpha value is -1.79. The maximum atomic E-state index is 9.96. The highest BCUT2D eigenvalue weighted by atomic mass is 79.9. The van der Waals surface area contributed by atoms with Crippen LogP contribution in [0.25, 0.3) is 11.0 Å². The summed E-state index contributed by atoms with van der Waals surface area (Å²) < 4.78 is 7.11. The van der Waals surface area contributed by atoms with Crippen LogP contribution in [0.5, 0.6) is 5.75 Å². The van der Waals surface area contributed by atoms with Gasteiger partial charge < -0.3 is 14.4 Å². The predicted molar refractivity (Wildman–Crippen MR) is 102 cm³/mol. The zero-order valence-electron chi connectivity index (χ0n) is 13.1. The minimum atomic E-state index is 0.142. The second-order valence-corrected chi connectivity index (χ2v) is 6.87. The Kier molecular flexibility index (Phi) is 4.96. The molecule has 6 heteroatoms. The molecule has 0 aliphatic heterocycles. The molecule has 0 aliphatic carbocycles. The van der Waals surface area contributed by atoms with Crippen molar-refractivity contribution in [3.05, 3.63) is 62.2 Å². The van der Waals surface area contributed by atoms with Crippen LogP contribution in [0, 0.1) is 0 Å². The molecule has 0 amide bonds. The van der Waals surface area contributed by atoms with Gasteiger partial charge in [-0.2, -0.15) is 0 Å². The number of nitrogens with zero attached hydrogens (tertiary/aromatic N) is 1. The first-order valence-corrected chi connectivity index (χ1v) is 8.95. The SMILES string of the molecule is CCc1oc2ccccc2c1/C(=N/OC)c1cc(Br)c(O)c(Br)c1. The number of para-hydroxylation sites is 1. The molecule has 0 unspecified atom stereocenters. The first-order valence-electron chi connectivity index (χ1n) is 7.37. The second kappa shape index (κ2) is 6.99. The van der Waals surface area contributed by atoms with E-state index in [1.54, 1.807) is 12.1 Å². The molecule has 0 radical (unpaired) electrons. The number of hydrogen-bond acceptors (Lipinski definition) is 4. The van der Waals surface area contributed by atoms with Gasteiger partial charge in [-0.3, -0.25) is 0 Å². The maximum Gasteiger partial charge on any atom is 0.143 e. The molecule has 0 aliphatic rings. The number of aryl methyl sites for hydroxylation is 1. The number of fused-ring (bicyclic) bond motifs is 1. The van der Waals surface area contributed by atoms with E-state index in [-0.39, 0.29) is 5.75 Å². The molecule has 24 heavy (non-hydrogen) atoms. The number of aromatic hydroxyl groups is 1. The first-order chi connectivity index (χ1) is 11.6. The predicted octanol–water partition coefficient (Wildman–Crippen LogP) is 5.62. The van der Waals surface area contributed by atoms with Crippen molar-refractivity contribution in [2.24, 2.45) is 5.16 Å². The van der Waals surface area contributed by atoms with Crippen LogP contribution in [0.15, 0.2) is 54.9 Å². The molecule has 3 rings (SSSR count). The minimum Gasteiger partial charge on any atom is -0.506 e. The smallest absolute Gasteiger partial charge is 0.143 e. The van der Waals surface area contributed by atoms with Crippen LogP contribution in [0.4, 0.5) is 0 Å². The van der Waals surface area contributed by atoms with Crippen LogP contribution in [0.2, 0.25) is 0 Å². The summed E-state index contributed by atoms with van der Waals surface area (Å²) in [7, 11) is 1.51. The lowest BCUT2D eigenvalue weighted by atomic mass is 9.98. The van der Waals surface area contributed by atoms with Crippen LogP contribution >= 0.6 is 31.9 Å². The molecule has 124 valence electrons. The number of phenolic OH excluding ortho intramolecular Hbond substituents is 1. The Labute approximate surface area is 156 Å². The fraction of sp³-hybridized carbons (Fsp3) is 0.167. The average molecular weight is 453 g/mol. The maximum absolute atomic E-state index is 9.96. The Morgan fingerprint density at radius 3 is 2.50 bits per heavy atom. The van der Waals surface area contributed by atoms with Crippen molar-refractivity contribution in [3.63, 3.8) is 0 Å². The number of phenols is 1. The molecular weight excluding hydrogens is 438 g/mol. The van der Waals surface area contributed by atoms with E-state index in [0.29, 0.717) is 14.7 Å². The van der Waals surface area contributed by atoms with Gasteiger partial charge in [0, 0.05) is 17.4 Å². The normalized spacial score (nSPS) is 11.9. The molecule has 0 saturated carbocycles. The summed E-state index contributed by atoms with van der Waals surface area (Å²) in [6.07, 6.45) is 0.729. The van der Waals surface area contributed by atoms with Crippen molar-refractivity contribution in [2.75, 3.05) is 7.11 Å². The van der Waals surface area contributed by atoms with Gasteiger partial charge in [0.2, 0.25) is 0 Å². The molecule has 0 saturated heterocycles. The molecule has 0 fully saturated rings. The lowest BCUT2D eigenvalue weighted by Gasteiger charge is -2.09. The summed E-state index contributed by atoms with van der Waals surface area (Å²) in [4.78, 5) is 5.09. The van der Waals surface area contributed by atoms with E-state index in [0.717, 1.165) is 34.3 Å². The van der Waals surface area contributed by atoms with E-state index < -0.39 is 0 Å². The number of oxime groups is 1. The zero-order chi connectivity index (χ0) is 17.3. The summed E-state index contributed by atoms with van der Waals surface area (Å²) in [6.45, 7) is 2.04. The number of furan rings is 1. The lowest BCUT2D eigenvalue weighted by Crippen LogP contribution is -2.06. The van der Waals surface area contributed by atoms with Crippen molar-refractivity contribution in [1.29, 1.82) is 0 Å². The monoisotopic (exact) mass is 451 g/mol. The van der Waals surface area contributed by atoms with Gasteiger partial charge in [-0.15, -0.1) is 0 Å². The van der Waals surface area contributed by atoms with Gasteiger partial charge in [0.05, 0.1) is 14.5 Å². The molecule has 2 aromatic carbocycles. The number of hydrogen-bond donors (Lipinski definition) is 1. The Bertz CT molecular complexity index is 908. The van der Waals surface area contributed by atoms with Crippen LogP contribution in [0.1, 0.15) is 23.8 Å². The van der Waals surface area contributed by atoms with Gasteiger partial charge in [0.1, 0.15) is 29.9 Å². The van der Waals surface area contributed by atoms with E-state index in [9.17, 15) is 5.11 Å². The summed E-state index contributed by atoms with van der Waals surface area (Å²) in [5.41, 5.74) is 3.17. The highest BCUT2D eigenvalue weighted by Gasteiger charge is 2.21. The molecule has 4 nitrogen and oxygen atoms in total. The third kappa shape index (κ3) is 2.96. The number of rotatable bonds is 4. The fourth-order valence-corrected chi connectivity index (χ4v) is 3.83. The van der Waals surface area contributed by atoms with Crippen LogP contribution in [-0.2, 0) is 11.3 Å². The van der Waals surface area contributed by atoms with Crippen molar-refractivity contribution in [3.8, 4) is 5.75 Å². The van der Waals surface area contributed by atoms with Gasteiger partial charge in [-0.25, -0.2) is 0 Å². The molecule has 0 spiro atoms. The number of benzene rings is 2. The van der Waals surface area contributed by atoms with Crippen LogP contribution < -0.4 is 0 Å². The summed E-state index contributed by atoms with van der Waals surface area (Å²) in [5, 5.41) is 15.2. The van der Waals surface area contributed by atoms with Crippen molar-refractivity contribution >= 4 is 48.5 Å².